The molecule has 1 atom stereocenters. The molecule has 6 rings (SSSR count). The van der Waals surface area contributed by atoms with E-state index >= 15 is 0 Å². The second kappa shape index (κ2) is 12.7. The molecule has 2 fully saturated rings. The van der Waals surface area contributed by atoms with Crippen LogP contribution in [0.25, 0.3) is 11.1 Å². The lowest BCUT2D eigenvalue weighted by atomic mass is 9.61. The minimum absolute atomic E-state index is 0.0566. The zero-order valence-electron chi connectivity index (χ0n) is 25.3. The predicted molar refractivity (Wildman–Crippen MR) is 168 cm³/mol. The lowest BCUT2D eigenvalue weighted by Gasteiger charge is -2.47. The summed E-state index contributed by atoms with van der Waals surface area (Å²) in [6.45, 7) is 0. The largest absolute Gasteiger partial charge is 0.466 e. The van der Waals surface area contributed by atoms with Crippen molar-refractivity contribution in [2.45, 2.75) is 81.9 Å². The Hall–Kier alpha value is -4.33. The lowest BCUT2D eigenvalue weighted by molar-refractivity contribution is -0.142. The fourth-order valence-corrected chi connectivity index (χ4v) is 6.96. The van der Waals surface area contributed by atoms with Crippen LogP contribution in [-0.2, 0) is 28.6 Å². The van der Waals surface area contributed by atoms with Gasteiger partial charge >= 0.3 is 11.9 Å². The highest BCUT2D eigenvalue weighted by Crippen LogP contribution is 2.56. The number of rotatable bonds is 6. The molecule has 228 valence electrons. The van der Waals surface area contributed by atoms with Crippen molar-refractivity contribution in [2.75, 3.05) is 14.2 Å². The SMILES string of the molecule is COC(=O)C1=C(C(=O)OC)C2(OC(=NC3CCCCC3)C1=NC1CCCCC1)C(=O)C(c1ccccc1)=C2c1ccccc1. The number of ketones is 1. The van der Waals surface area contributed by atoms with Crippen LogP contribution in [0, 0.1) is 0 Å². The molecule has 8 heteroatoms. The summed E-state index contributed by atoms with van der Waals surface area (Å²) in [5.74, 6) is -1.97. The van der Waals surface area contributed by atoms with E-state index in [1.165, 1.54) is 14.2 Å². The Labute approximate surface area is 257 Å². The zero-order valence-corrected chi connectivity index (χ0v) is 25.3. The highest BCUT2D eigenvalue weighted by Gasteiger charge is 2.66. The van der Waals surface area contributed by atoms with Crippen LogP contribution in [0.5, 0.6) is 0 Å². The van der Waals surface area contributed by atoms with Crippen LogP contribution < -0.4 is 0 Å². The van der Waals surface area contributed by atoms with Crippen LogP contribution in [0.1, 0.15) is 75.3 Å². The number of carbonyl (C=O) groups is 3. The molecule has 1 aliphatic heterocycles. The van der Waals surface area contributed by atoms with Gasteiger partial charge in [0.2, 0.25) is 17.3 Å². The van der Waals surface area contributed by atoms with Gasteiger partial charge in [-0.3, -0.25) is 9.79 Å². The summed E-state index contributed by atoms with van der Waals surface area (Å²) >= 11 is 0. The number of Topliss-reactive ketones (excluding diaryl/α,β-unsaturated/α-hetero) is 1. The van der Waals surface area contributed by atoms with Crippen molar-refractivity contribution in [2.24, 2.45) is 9.98 Å². The van der Waals surface area contributed by atoms with E-state index < -0.39 is 23.3 Å². The van der Waals surface area contributed by atoms with Gasteiger partial charge in [0.05, 0.1) is 26.3 Å². The van der Waals surface area contributed by atoms with Crippen molar-refractivity contribution in [3.63, 3.8) is 0 Å². The van der Waals surface area contributed by atoms with Crippen LogP contribution >= 0.6 is 0 Å². The summed E-state index contributed by atoms with van der Waals surface area (Å²) in [6, 6.07) is 18.5. The molecule has 0 aromatic heterocycles. The summed E-state index contributed by atoms with van der Waals surface area (Å²) in [5, 5.41) is 0. The third-order valence-corrected chi connectivity index (χ3v) is 9.10. The highest BCUT2D eigenvalue weighted by atomic mass is 16.5. The molecule has 44 heavy (non-hydrogen) atoms. The van der Waals surface area contributed by atoms with Gasteiger partial charge in [0, 0.05) is 11.1 Å². The molecule has 1 unspecified atom stereocenters. The van der Waals surface area contributed by atoms with Crippen molar-refractivity contribution in [1.29, 1.82) is 0 Å². The maximum atomic E-state index is 14.7. The molecule has 4 aliphatic rings. The molecular weight excluding hydrogens is 556 g/mol. The Kier molecular flexibility index (Phi) is 8.60. The van der Waals surface area contributed by atoms with E-state index in [-0.39, 0.29) is 34.8 Å². The van der Waals surface area contributed by atoms with Crippen LogP contribution in [0.4, 0.5) is 0 Å². The van der Waals surface area contributed by atoms with E-state index in [0.29, 0.717) is 22.3 Å². The van der Waals surface area contributed by atoms with E-state index in [1.807, 2.05) is 60.7 Å². The number of nitrogens with zero attached hydrogens (tertiary/aromatic N) is 2. The number of hydrogen-bond acceptors (Lipinski definition) is 8. The molecule has 1 spiro atoms. The van der Waals surface area contributed by atoms with Crippen LogP contribution in [0.3, 0.4) is 0 Å². The second-order valence-electron chi connectivity index (χ2n) is 11.8. The maximum Gasteiger partial charge on any atom is 0.340 e. The number of methoxy groups -OCH3 is 2. The molecule has 2 aromatic carbocycles. The summed E-state index contributed by atoms with van der Waals surface area (Å²) in [6.07, 6.45) is 9.77. The van der Waals surface area contributed by atoms with E-state index in [0.717, 1.165) is 64.2 Å². The molecule has 0 amide bonds. The van der Waals surface area contributed by atoms with Gasteiger partial charge < -0.3 is 14.2 Å². The van der Waals surface area contributed by atoms with Gasteiger partial charge in [-0.2, -0.15) is 0 Å². The smallest absolute Gasteiger partial charge is 0.340 e. The van der Waals surface area contributed by atoms with Crippen LogP contribution in [0.15, 0.2) is 81.8 Å². The number of benzene rings is 2. The second-order valence-corrected chi connectivity index (χ2v) is 11.8. The standard InChI is InChI=1S/C36H38N2O6/c1-42-34(40)28-30(35(41)43-2)36(29(24-17-9-4-10-18-24)27(32(36)39)23-15-7-3-8-16-23)44-33(38-26-21-13-6-14-22-26)31(28)37-25-19-11-5-12-20-25/h3-4,7-10,15-18,25-26H,5-6,11-14,19-22H2,1-2H3. The van der Waals surface area contributed by atoms with E-state index in [2.05, 4.69) is 0 Å². The van der Waals surface area contributed by atoms with Gasteiger partial charge in [0.15, 0.2) is 0 Å². The first-order valence-corrected chi connectivity index (χ1v) is 15.7. The van der Waals surface area contributed by atoms with E-state index in [1.54, 1.807) is 0 Å². The topological polar surface area (TPSA) is 104 Å². The van der Waals surface area contributed by atoms with Gasteiger partial charge in [-0.15, -0.1) is 0 Å². The number of aliphatic imine (C=N–C) groups is 2. The summed E-state index contributed by atoms with van der Waals surface area (Å²) < 4.78 is 17.4. The first kappa shape index (κ1) is 29.7. The highest BCUT2D eigenvalue weighted by molar-refractivity contribution is 6.57. The molecule has 0 saturated heterocycles. The number of hydrogen-bond donors (Lipinski definition) is 0. The molecule has 8 nitrogen and oxygen atoms in total. The minimum atomic E-state index is -1.97. The Morgan fingerprint density at radius 1 is 0.727 bits per heavy atom. The molecule has 0 bridgehead atoms. The summed E-state index contributed by atoms with van der Waals surface area (Å²) in [4.78, 5) is 52.5. The van der Waals surface area contributed by atoms with E-state index in [4.69, 9.17) is 24.2 Å². The molecule has 3 aliphatic carbocycles. The first-order chi connectivity index (χ1) is 21.5. The Morgan fingerprint density at radius 3 is 1.80 bits per heavy atom. The van der Waals surface area contributed by atoms with Gasteiger partial charge in [0.1, 0.15) is 16.9 Å². The number of carbonyl (C=O) groups excluding carboxylic acids is 3. The van der Waals surface area contributed by atoms with Gasteiger partial charge in [-0.05, 0) is 36.8 Å². The van der Waals surface area contributed by atoms with Crippen molar-refractivity contribution in [3.8, 4) is 0 Å². The fraction of sp³-hybridized carbons (Fsp3) is 0.417. The average Bonchev–Trinajstić information content (AvgIpc) is 3.08. The molecule has 0 N–H and O–H groups in total. The van der Waals surface area contributed by atoms with Crippen molar-refractivity contribution in [3.05, 3.63) is 82.9 Å². The number of esters is 2. The van der Waals surface area contributed by atoms with Crippen LogP contribution in [0.2, 0.25) is 0 Å². The number of ether oxygens (including phenoxy) is 3. The van der Waals surface area contributed by atoms with Crippen molar-refractivity contribution in [1.82, 2.24) is 0 Å². The van der Waals surface area contributed by atoms with Gasteiger partial charge in [-0.25, -0.2) is 14.6 Å². The summed E-state index contributed by atoms with van der Waals surface area (Å²) in [5.41, 5.74) is 0.127. The molecule has 1 heterocycles. The third kappa shape index (κ3) is 5.20. The fourth-order valence-electron chi connectivity index (χ4n) is 6.96. The quantitative estimate of drug-likeness (QED) is 0.375. The molecule has 0 radical (unpaired) electrons. The normalized spacial score (nSPS) is 24.8. The zero-order chi connectivity index (χ0) is 30.7. The summed E-state index contributed by atoms with van der Waals surface area (Å²) in [7, 11) is 2.49. The minimum Gasteiger partial charge on any atom is -0.466 e. The van der Waals surface area contributed by atoms with Crippen molar-refractivity contribution < 1.29 is 28.6 Å². The predicted octanol–water partition coefficient (Wildman–Crippen LogP) is 6.10. The maximum absolute atomic E-state index is 14.7. The molecular formula is C36H38N2O6. The van der Waals surface area contributed by atoms with E-state index in [9.17, 15) is 14.4 Å². The average molecular weight is 595 g/mol. The molecule has 2 aromatic rings. The third-order valence-electron chi connectivity index (χ3n) is 9.10. The first-order valence-electron chi connectivity index (χ1n) is 15.7. The van der Waals surface area contributed by atoms with Crippen LogP contribution in [-0.4, -0.2) is 61.2 Å². The Bertz CT molecular complexity index is 1560. The Balaban J connectivity index is 1.68. The van der Waals surface area contributed by atoms with Gasteiger partial charge in [0.25, 0.3) is 0 Å². The monoisotopic (exact) mass is 594 g/mol. The van der Waals surface area contributed by atoms with Gasteiger partial charge in [-0.1, -0.05) is 99.2 Å². The molecule has 2 saturated carbocycles. The van der Waals surface area contributed by atoms with Crippen molar-refractivity contribution >= 4 is 40.5 Å². The Morgan fingerprint density at radius 2 is 1.25 bits per heavy atom. The lowest BCUT2D eigenvalue weighted by Crippen LogP contribution is -2.60.